The maximum absolute atomic E-state index is 12.3. The van der Waals surface area contributed by atoms with Crippen molar-refractivity contribution in [2.75, 3.05) is 24.6 Å². The van der Waals surface area contributed by atoms with Gasteiger partial charge in [-0.1, -0.05) is 30.3 Å². The summed E-state index contributed by atoms with van der Waals surface area (Å²) in [5, 5.41) is 30.3. The van der Waals surface area contributed by atoms with Gasteiger partial charge in [0.1, 0.15) is 18.3 Å². The Morgan fingerprint density at radius 3 is 2.73 bits per heavy atom. The fraction of sp³-hybridized carbons (Fsp3) is 0.450. The number of H-pyrrole nitrogens is 1. The lowest BCUT2D eigenvalue weighted by Crippen LogP contribution is -2.34. The molecule has 2 fully saturated rings. The van der Waals surface area contributed by atoms with Gasteiger partial charge in [0.25, 0.3) is 5.56 Å². The number of aliphatic hydroxyl groups is 3. The molecule has 2 aromatic heterocycles. The van der Waals surface area contributed by atoms with E-state index in [0.717, 1.165) is 6.42 Å². The molecule has 0 spiro atoms. The SMILES string of the molecule is O=c1[nH]cnc2c1nc(N1CC[C@H](c3ccccc3)C1)n2[C@H]1O[C@@H](CO)[C@@H](O)[C@H]1O. The van der Waals surface area contributed by atoms with Crippen molar-refractivity contribution in [3.05, 3.63) is 52.6 Å². The highest BCUT2D eigenvalue weighted by atomic mass is 16.6. The third kappa shape index (κ3) is 3.00. The van der Waals surface area contributed by atoms with Gasteiger partial charge >= 0.3 is 0 Å². The van der Waals surface area contributed by atoms with Gasteiger partial charge in [0.2, 0.25) is 5.95 Å². The predicted molar refractivity (Wildman–Crippen MR) is 107 cm³/mol. The molecule has 1 aromatic carbocycles. The minimum absolute atomic E-state index is 0.133. The van der Waals surface area contributed by atoms with E-state index in [9.17, 15) is 20.1 Å². The number of nitrogens with one attached hydrogen (secondary N) is 1. The fourth-order valence-electron chi connectivity index (χ4n) is 4.40. The summed E-state index contributed by atoms with van der Waals surface area (Å²) in [6.45, 7) is 0.945. The lowest BCUT2D eigenvalue weighted by Gasteiger charge is -2.24. The van der Waals surface area contributed by atoms with Crippen LogP contribution in [0.3, 0.4) is 0 Å². The number of aromatic nitrogens is 4. The molecule has 5 atom stereocenters. The molecule has 3 aromatic rings. The molecule has 0 aliphatic carbocycles. The zero-order valence-electron chi connectivity index (χ0n) is 16.1. The number of ether oxygens (including phenoxy) is 1. The van der Waals surface area contributed by atoms with Crippen LogP contribution < -0.4 is 10.5 Å². The van der Waals surface area contributed by atoms with Crippen molar-refractivity contribution in [3.63, 3.8) is 0 Å². The van der Waals surface area contributed by atoms with Crippen LogP contribution in [0.25, 0.3) is 11.2 Å². The summed E-state index contributed by atoms with van der Waals surface area (Å²) in [4.78, 5) is 25.7. The standard InChI is InChI=1S/C20H23N5O5/c26-9-13-15(27)16(28)19(30-13)25-17-14(18(29)22-10-21-17)23-20(25)24-7-6-12(8-24)11-4-2-1-3-5-11/h1-5,10,12-13,15-16,19,26-28H,6-9H2,(H,21,22,29)/t12-,13-,15+,16+,19-/m0/s1. The molecule has 5 rings (SSSR count). The van der Waals surface area contributed by atoms with Crippen LogP contribution in [0.1, 0.15) is 24.1 Å². The highest BCUT2D eigenvalue weighted by molar-refractivity contribution is 5.74. The number of nitrogens with zero attached hydrogens (tertiary/aromatic N) is 4. The van der Waals surface area contributed by atoms with Gasteiger partial charge in [0, 0.05) is 19.0 Å². The fourth-order valence-corrected chi connectivity index (χ4v) is 4.40. The third-order valence-corrected chi connectivity index (χ3v) is 5.98. The van der Waals surface area contributed by atoms with Gasteiger partial charge in [-0.25, -0.2) is 9.97 Å². The highest BCUT2D eigenvalue weighted by Crippen LogP contribution is 2.37. The lowest BCUT2D eigenvalue weighted by atomic mass is 9.99. The van der Waals surface area contributed by atoms with E-state index >= 15 is 0 Å². The smallest absolute Gasteiger partial charge is 0.278 e. The molecule has 10 heteroatoms. The molecular formula is C20H23N5O5. The van der Waals surface area contributed by atoms with Crippen molar-refractivity contribution in [2.24, 2.45) is 0 Å². The second-order valence-corrected chi connectivity index (χ2v) is 7.76. The first-order chi connectivity index (χ1) is 14.6. The maximum Gasteiger partial charge on any atom is 0.278 e. The van der Waals surface area contributed by atoms with Crippen LogP contribution in [0.4, 0.5) is 5.95 Å². The molecule has 0 amide bonds. The number of rotatable bonds is 4. The number of hydrogen-bond acceptors (Lipinski definition) is 8. The maximum atomic E-state index is 12.3. The molecule has 30 heavy (non-hydrogen) atoms. The van der Waals surface area contributed by atoms with E-state index in [2.05, 4.69) is 27.1 Å². The van der Waals surface area contributed by atoms with Crippen molar-refractivity contribution in [2.45, 2.75) is 36.9 Å². The van der Waals surface area contributed by atoms with Crippen LogP contribution in [0.15, 0.2) is 41.5 Å². The van der Waals surface area contributed by atoms with E-state index in [1.807, 2.05) is 23.1 Å². The van der Waals surface area contributed by atoms with Crippen LogP contribution in [-0.4, -0.2) is 72.8 Å². The zero-order chi connectivity index (χ0) is 20.8. The summed E-state index contributed by atoms with van der Waals surface area (Å²) in [5.74, 6) is 0.748. The predicted octanol–water partition coefficient (Wildman–Crippen LogP) is -0.275. The summed E-state index contributed by atoms with van der Waals surface area (Å²) in [6.07, 6.45) is -2.34. The van der Waals surface area contributed by atoms with E-state index in [1.165, 1.54) is 11.9 Å². The van der Waals surface area contributed by atoms with Crippen LogP contribution in [-0.2, 0) is 4.74 Å². The van der Waals surface area contributed by atoms with Crippen LogP contribution >= 0.6 is 0 Å². The number of imidazole rings is 1. The monoisotopic (exact) mass is 413 g/mol. The van der Waals surface area contributed by atoms with E-state index in [0.29, 0.717) is 25.0 Å². The van der Waals surface area contributed by atoms with E-state index in [1.54, 1.807) is 4.57 Å². The van der Waals surface area contributed by atoms with Gasteiger partial charge in [0.05, 0.1) is 12.9 Å². The normalized spacial score (nSPS) is 29.2. The summed E-state index contributed by atoms with van der Waals surface area (Å²) < 4.78 is 7.29. The first-order valence-electron chi connectivity index (χ1n) is 9.96. The Morgan fingerprint density at radius 2 is 2.00 bits per heavy atom. The van der Waals surface area contributed by atoms with Gasteiger partial charge < -0.3 is 29.9 Å². The molecule has 4 N–H and O–H groups in total. The third-order valence-electron chi connectivity index (χ3n) is 5.98. The van der Waals surface area contributed by atoms with Crippen molar-refractivity contribution in [3.8, 4) is 0 Å². The first kappa shape index (κ1) is 19.2. The number of fused-ring (bicyclic) bond motifs is 1. The van der Waals surface area contributed by atoms with Crippen LogP contribution in [0.2, 0.25) is 0 Å². The average Bonchev–Trinajstić information content (AvgIpc) is 3.46. The summed E-state index contributed by atoms with van der Waals surface area (Å²) in [5.41, 5.74) is 1.22. The van der Waals surface area contributed by atoms with Gasteiger partial charge in [0.15, 0.2) is 17.4 Å². The molecular weight excluding hydrogens is 390 g/mol. The molecule has 10 nitrogen and oxygen atoms in total. The van der Waals surface area contributed by atoms with E-state index in [-0.39, 0.29) is 11.2 Å². The number of hydrogen-bond donors (Lipinski definition) is 4. The molecule has 2 saturated heterocycles. The number of benzene rings is 1. The summed E-state index contributed by atoms with van der Waals surface area (Å²) >= 11 is 0. The Hall–Kier alpha value is -2.79. The minimum Gasteiger partial charge on any atom is -0.394 e. The number of anilines is 1. The van der Waals surface area contributed by atoms with E-state index in [4.69, 9.17) is 4.74 Å². The average molecular weight is 413 g/mol. The Morgan fingerprint density at radius 1 is 1.20 bits per heavy atom. The van der Waals surface area contributed by atoms with Gasteiger partial charge in [-0.05, 0) is 12.0 Å². The number of aliphatic hydroxyl groups excluding tert-OH is 3. The lowest BCUT2D eigenvalue weighted by molar-refractivity contribution is -0.0504. The minimum atomic E-state index is -1.30. The topological polar surface area (TPSA) is 137 Å². The van der Waals surface area contributed by atoms with E-state index < -0.39 is 36.7 Å². The highest BCUT2D eigenvalue weighted by Gasteiger charge is 2.45. The molecule has 158 valence electrons. The molecule has 0 saturated carbocycles. The first-order valence-corrected chi connectivity index (χ1v) is 9.96. The Balaban J connectivity index is 1.57. The second kappa shape index (κ2) is 7.47. The summed E-state index contributed by atoms with van der Waals surface area (Å²) in [6, 6.07) is 10.2. The Labute approximate surface area is 171 Å². The van der Waals surface area contributed by atoms with Crippen molar-refractivity contribution in [1.82, 2.24) is 19.5 Å². The number of aromatic amines is 1. The van der Waals surface area contributed by atoms with Gasteiger partial charge in [-0.15, -0.1) is 0 Å². The zero-order valence-corrected chi connectivity index (χ0v) is 16.1. The Kier molecular flexibility index (Phi) is 4.78. The molecule has 0 bridgehead atoms. The summed E-state index contributed by atoms with van der Waals surface area (Å²) in [7, 11) is 0. The molecule has 0 radical (unpaired) electrons. The second-order valence-electron chi connectivity index (χ2n) is 7.76. The Bertz CT molecular complexity index is 1100. The van der Waals surface area contributed by atoms with Crippen LogP contribution in [0, 0.1) is 0 Å². The molecule has 2 aliphatic rings. The van der Waals surface area contributed by atoms with Crippen molar-refractivity contribution < 1.29 is 20.1 Å². The van der Waals surface area contributed by atoms with Crippen molar-refractivity contribution >= 4 is 17.1 Å². The van der Waals surface area contributed by atoms with Gasteiger partial charge in [-0.3, -0.25) is 9.36 Å². The molecule has 0 unspecified atom stereocenters. The van der Waals surface area contributed by atoms with Crippen molar-refractivity contribution in [1.29, 1.82) is 0 Å². The molecule has 4 heterocycles. The van der Waals surface area contributed by atoms with Gasteiger partial charge in [-0.2, -0.15) is 0 Å². The quantitative estimate of drug-likeness (QED) is 0.459. The largest absolute Gasteiger partial charge is 0.394 e. The van der Waals surface area contributed by atoms with Crippen LogP contribution in [0.5, 0.6) is 0 Å². The molecule has 2 aliphatic heterocycles.